The van der Waals surface area contributed by atoms with Crippen molar-refractivity contribution >= 4 is 44.6 Å². The highest BCUT2D eigenvalue weighted by Gasteiger charge is 2.14. The number of hydrogen-bond acceptors (Lipinski definition) is 9. The Kier molecular flexibility index (Phi) is 15.1. The van der Waals surface area contributed by atoms with E-state index in [2.05, 4.69) is 14.9 Å². The minimum Gasteiger partial charge on any atom is -0.481 e. The van der Waals surface area contributed by atoms with Crippen LogP contribution >= 0.6 is 0 Å². The number of hydrogen-bond donors (Lipinski definition) is 6. The molecule has 0 spiro atoms. The van der Waals surface area contributed by atoms with Crippen LogP contribution in [-0.2, 0) is 37.4 Å². The average Bonchev–Trinajstić information content (AvgIpc) is 3.35. The smallest absolute Gasteiger partial charge is 0.320 e. The monoisotopic (exact) mass is 648 g/mol. The molecule has 0 radical (unpaired) electrons. The summed E-state index contributed by atoms with van der Waals surface area (Å²) in [5.41, 5.74) is 18.4. The summed E-state index contributed by atoms with van der Waals surface area (Å²) in [7, 11) is -3.54. The molecule has 1 unspecified atom stereocenters. The predicted molar refractivity (Wildman–Crippen MR) is 174 cm³/mol. The molecule has 1 aromatic heterocycles. The molecule has 9 N–H and O–H groups in total. The van der Waals surface area contributed by atoms with E-state index < -0.39 is 28.1 Å². The molecule has 0 saturated heterocycles. The van der Waals surface area contributed by atoms with Gasteiger partial charge in [-0.3, -0.25) is 14.6 Å². The molecule has 1 heterocycles. The van der Waals surface area contributed by atoms with Crippen LogP contribution in [-0.4, -0.2) is 79.2 Å². The largest absolute Gasteiger partial charge is 0.481 e. The van der Waals surface area contributed by atoms with Crippen LogP contribution in [0.5, 0.6) is 5.75 Å². The second-order valence-electron chi connectivity index (χ2n) is 10.3. The molecule has 0 amide bonds. The Morgan fingerprint density at radius 2 is 1.78 bits per heavy atom. The number of carbonyl (C=O) groups is 2. The Morgan fingerprint density at radius 1 is 1.07 bits per heavy atom. The fraction of sp³-hybridized carbons (Fsp3) is 0.433. The first-order valence-electron chi connectivity index (χ1n) is 14.5. The fourth-order valence-electron chi connectivity index (χ4n) is 4.37. The first kappa shape index (κ1) is 36.8. The van der Waals surface area contributed by atoms with E-state index >= 15 is 0 Å². The third-order valence-electron chi connectivity index (χ3n) is 6.40. The van der Waals surface area contributed by atoms with Crippen LogP contribution in [0.15, 0.2) is 59.7 Å². The zero-order chi connectivity index (χ0) is 33.4. The van der Waals surface area contributed by atoms with E-state index in [0.29, 0.717) is 38.2 Å². The number of guanidine groups is 1. The maximum absolute atomic E-state index is 11.3. The summed E-state index contributed by atoms with van der Waals surface area (Å²) in [4.78, 5) is 24.9. The van der Waals surface area contributed by atoms with Crippen molar-refractivity contribution in [1.29, 1.82) is 0 Å². The molecular weight excluding hydrogens is 604 g/mol. The highest BCUT2D eigenvalue weighted by Crippen LogP contribution is 2.23. The van der Waals surface area contributed by atoms with Crippen LogP contribution in [0.25, 0.3) is 10.9 Å². The molecule has 3 aromatic rings. The zero-order valence-corrected chi connectivity index (χ0v) is 26.4. The van der Waals surface area contributed by atoms with Gasteiger partial charge < -0.3 is 46.2 Å². The minimum absolute atomic E-state index is 0.00599. The van der Waals surface area contributed by atoms with Crippen LogP contribution in [0.4, 0.5) is 5.69 Å². The number of aryl methyl sites for hydroxylation is 1. The molecule has 0 bridgehead atoms. The number of aromatic nitrogens is 1. The molecule has 0 fully saturated rings. The van der Waals surface area contributed by atoms with E-state index in [-0.39, 0.29) is 18.5 Å². The van der Waals surface area contributed by atoms with E-state index in [4.69, 9.17) is 36.3 Å². The van der Waals surface area contributed by atoms with Crippen molar-refractivity contribution < 1.29 is 37.1 Å². The van der Waals surface area contributed by atoms with Crippen molar-refractivity contribution in [3.05, 3.63) is 60.3 Å². The van der Waals surface area contributed by atoms with Crippen LogP contribution in [0.1, 0.15) is 38.2 Å². The van der Waals surface area contributed by atoms with Crippen molar-refractivity contribution in [2.24, 2.45) is 22.2 Å². The van der Waals surface area contributed by atoms with Crippen molar-refractivity contribution in [3.63, 3.8) is 0 Å². The van der Waals surface area contributed by atoms with E-state index in [0.717, 1.165) is 47.9 Å². The molecule has 0 aliphatic heterocycles. The Hall–Kier alpha value is -4.34. The molecule has 0 aliphatic carbocycles. The van der Waals surface area contributed by atoms with Gasteiger partial charge in [-0.1, -0.05) is 12.1 Å². The number of nitrogens with zero attached hydrogens (tertiary/aromatic N) is 2. The summed E-state index contributed by atoms with van der Waals surface area (Å²) in [6.45, 7) is 4.37. The average molecular weight is 649 g/mol. The quantitative estimate of drug-likeness (QED) is 0.0505. The lowest BCUT2D eigenvalue weighted by molar-refractivity contribution is -0.140. The number of aliphatic carboxylic acids is 2. The summed E-state index contributed by atoms with van der Waals surface area (Å²) >= 11 is 0. The number of ether oxygens (including phenoxy) is 1. The van der Waals surface area contributed by atoms with Gasteiger partial charge in [0, 0.05) is 49.0 Å². The van der Waals surface area contributed by atoms with Gasteiger partial charge in [-0.2, -0.15) is 8.42 Å². The van der Waals surface area contributed by atoms with Crippen LogP contribution in [0.3, 0.4) is 0 Å². The van der Waals surface area contributed by atoms with E-state index in [9.17, 15) is 18.0 Å². The van der Waals surface area contributed by atoms with Gasteiger partial charge in [0.1, 0.15) is 11.8 Å². The topological polar surface area (TPSA) is 235 Å². The zero-order valence-electron chi connectivity index (χ0n) is 25.6. The molecule has 0 aliphatic rings. The Balaban J connectivity index is 0.000000498. The number of aliphatic imine (C=N–C) groups is 1. The van der Waals surface area contributed by atoms with Crippen molar-refractivity contribution in [3.8, 4) is 5.75 Å². The number of rotatable bonds is 18. The number of fused-ring (bicyclic) bond motifs is 1. The molecule has 248 valence electrons. The third kappa shape index (κ3) is 14.8. The molecule has 0 saturated carbocycles. The van der Waals surface area contributed by atoms with Crippen molar-refractivity contribution in [2.75, 3.05) is 31.3 Å². The molecule has 3 rings (SSSR count). The second kappa shape index (κ2) is 18.5. The Labute approximate surface area is 263 Å². The van der Waals surface area contributed by atoms with Crippen LogP contribution < -0.4 is 26.7 Å². The van der Waals surface area contributed by atoms with Crippen LogP contribution in [0, 0.1) is 0 Å². The normalized spacial score (nSPS) is 12.4. The molecule has 15 heteroatoms. The summed E-state index contributed by atoms with van der Waals surface area (Å²) in [6.07, 6.45) is 5.11. The van der Waals surface area contributed by atoms with Gasteiger partial charge in [0.05, 0.1) is 18.8 Å². The number of nitrogens with one attached hydrogen (secondary N) is 1. The Bertz CT molecular complexity index is 1500. The minimum atomic E-state index is -3.54. The fourth-order valence-corrected chi connectivity index (χ4v) is 4.82. The predicted octanol–water partition coefficient (Wildman–Crippen LogP) is 2.36. The number of carboxylic acids is 2. The lowest BCUT2D eigenvalue weighted by Gasteiger charge is -2.15. The summed E-state index contributed by atoms with van der Waals surface area (Å²) in [5, 5.41) is 21.7. The number of nitrogens with two attached hydrogens (primary N) is 3. The highest BCUT2D eigenvalue weighted by molar-refractivity contribution is 7.86. The van der Waals surface area contributed by atoms with Gasteiger partial charge in [0.25, 0.3) is 0 Å². The molecule has 14 nitrogen and oxygen atoms in total. The van der Waals surface area contributed by atoms with E-state index in [1.165, 1.54) is 0 Å². The summed E-state index contributed by atoms with van der Waals surface area (Å²) < 4.78 is 35.2. The molecule has 2 atom stereocenters. The van der Waals surface area contributed by atoms with E-state index in [1.54, 1.807) is 12.1 Å². The number of benzene rings is 2. The Morgan fingerprint density at radius 3 is 2.38 bits per heavy atom. The van der Waals surface area contributed by atoms with Gasteiger partial charge in [-0.25, -0.2) is 0 Å². The van der Waals surface area contributed by atoms with Gasteiger partial charge >= 0.3 is 22.1 Å². The first-order chi connectivity index (χ1) is 21.3. The van der Waals surface area contributed by atoms with Gasteiger partial charge in [0.2, 0.25) is 0 Å². The van der Waals surface area contributed by atoms with Crippen molar-refractivity contribution in [1.82, 2.24) is 4.57 Å². The van der Waals surface area contributed by atoms with Gasteiger partial charge in [-0.15, -0.1) is 0 Å². The van der Waals surface area contributed by atoms with Gasteiger partial charge in [0.15, 0.2) is 5.96 Å². The third-order valence-corrected chi connectivity index (χ3v) is 6.90. The maximum atomic E-state index is 11.3. The molecular formula is C30H44N6O8S. The lowest BCUT2D eigenvalue weighted by atomic mass is 10.1. The molecule has 2 aromatic carbocycles. The highest BCUT2D eigenvalue weighted by atomic mass is 32.2. The number of anilines is 1. The standard InChI is InChI=1S/C24H30N2O6S.C6H14N4O2/c1-3-31-22(17-24(27)28)15-18-5-7-20(8-6-18)25-12-4-13-26-14-11-19-16-21(9-10-23(19)26)32-33(2,29)30;7-4(5(11)12)2-1-3-10-6(8)9/h5-11,14,16,22,25H,3-4,12-13,15,17H2,1-2H3,(H,27,28);4H,1-3,7H2,(H,11,12)(H4,8,9,10)/t22-;/m0./s1. The van der Waals surface area contributed by atoms with E-state index in [1.807, 2.05) is 49.5 Å². The summed E-state index contributed by atoms with van der Waals surface area (Å²) in [5.74, 6) is -1.54. The summed E-state index contributed by atoms with van der Waals surface area (Å²) in [6, 6.07) is 14.3. The second-order valence-corrected chi connectivity index (χ2v) is 11.8. The van der Waals surface area contributed by atoms with Gasteiger partial charge in [-0.05, 0) is 74.6 Å². The lowest BCUT2D eigenvalue weighted by Crippen LogP contribution is -2.30. The first-order valence-corrected chi connectivity index (χ1v) is 16.3. The maximum Gasteiger partial charge on any atom is 0.320 e. The van der Waals surface area contributed by atoms with Crippen LogP contribution in [0.2, 0.25) is 0 Å². The van der Waals surface area contributed by atoms with Crippen molar-refractivity contribution in [2.45, 2.75) is 57.7 Å². The number of carboxylic acid groups (broad SMARTS) is 2. The SMILES string of the molecule is CCO[C@H](CC(=O)O)Cc1ccc(NCCCn2ccc3cc(OS(C)(=O)=O)ccc32)cc1.NC(N)=NCCCC(N)C(=O)O. The molecule has 45 heavy (non-hydrogen) atoms.